The Kier molecular flexibility index (Phi) is 7.65. The van der Waals surface area contributed by atoms with E-state index in [2.05, 4.69) is 5.32 Å². The molecule has 2 heterocycles. The van der Waals surface area contributed by atoms with E-state index in [0.29, 0.717) is 24.5 Å². The van der Waals surface area contributed by atoms with Crippen LogP contribution in [0.15, 0.2) is 71.3 Å². The lowest BCUT2D eigenvalue weighted by molar-refractivity contribution is -0.126. The number of furan rings is 1. The Morgan fingerprint density at radius 2 is 1.91 bits per heavy atom. The topological polar surface area (TPSA) is 81.0 Å². The maximum absolute atomic E-state index is 13.6. The van der Waals surface area contributed by atoms with E-state index in [1.165, 1.54) is 11.2 Å². The second kappa shape index (κ2) is 11.0. The van der Waals surface area contributed by atoms with Crippen molar-refractivity contribution in [3.8, 4) is 5.75 Å². The third-order valence-corrected chi connectivity index (χ3v) is 6.01. The van der Waals surface area contributed by atoms with Gasteiger partial charge in [0.2, 0.25) is 5.91 Å². The number of amides is 2. The quantitative estimate of drug-likeness (QED) is 0.514. The molecule has 4 rings (SSSR count). The fraction of sp³-hybridized carbons (Fsp3) is 0.333. The lowest BCUT2D eigenvalue weighted by Crippen LogP contribution is -2.45. The van der Waals surface area contributed by atoms with Gasteiger partial charge in [0, 0.05) is 18.7 Å². The second-order valence-corrected chi connectivity index (χ2v) is 8.42. The zero-order valence-electron chi connectivity index (χ0n) is 19.5. The third-order valence-electron chi connectivity index (χ3n) is 6.01. The van der Waals surface area contributed by atoms with Gasteiger partial charge >= 0.3 is 0 Å². The predicted molar refractivity (Wildman–Crippen MR) is 127 cm³/mol. The van der Waals surface area contributed by atoms with E-state index in [9.17, 15) is 9.59 Å². The van der Waals surface area contributed by atoms with Gasteiger partial charge in [0.1, 0.15) is 11.8 Å². The molecule has 1 fully saturated rings. The van der Waals surface area contributed by atoms with Crippen LogP contribution in [0.5, 0.6) is 5.75 Å². The Morgan fingerprint density at radius 3 is 2.59 bits per heavy atom. The summed E-state index contributed by atoms with van der Waals surface area (Å²) >= 11 is 0. The first-order valence-corrected chi connectivity index (χ1v) is 11.5. The highest BCUT2D eigenvalue weighted by Crippen LogP contribution is 2.29. The second-order valence-electron chi connectivity index (χ2n) is 8.42. The number of para-hydroxylation sites is 1. The lowest BCUT2D eigenvalue weighted by Gasteiger charge is -2.31. The van der Waals surface area contributed by atoms with Crippen molar-refractivity contribution in [1.29, 1.82) is 0 Å². The maximum atomic E-state index is 13.6. The highest BCUT2D eigenvalue weighted by Gasteiger charge is 2.34. The van der Waals surface area contributed by atoms with E-state index in [1.807, 2.05) is 55.5 Å². The SMILES string of the molecule is COc1ccccc1CN(C(=O)c1ccco1)[C@@H](C(=O)NC[C@H]1CCCO1)c1ccc(C)cc1. The number of ether oxygens (including phenoxy) is 2. The van der Waals surface area contributed by atoms with Gasteiger partial charge in [-0.05, 0) is 43.5 Å². The average molecular weight is 463 g/mol. The van der Waals surface area contributed by atoms with E-state index >= 15 is 0 Å². The minimum Gasteiger partial charge on any atom is -0.496 e. The Hall–Kier alpha value is -3.58. The molecule has 2 atom stereocenters. The van der Waals surface area contributed by atoms with Gasteiger partial charge in [-0.1, -0.05) is 48.0 Å². The summed E-state index contributed by atoms with van der Waals surface area (Å²) in [5.41, 5.74) is 2.56. The number of carbonyl (C=O) groups is 2. The Balaban J connectivity index is 1.71. The van der Waals surface area contributed by atoms with Crippen LogP contribution in [0.3, 0.4) is 0 Å². The molecule has 1 aromatic heterocycles. The molecule has 0 unspecified atom stereocenters. The molecule has 0 saturated carbocycles. The number of hydrogen-bond donors (Lipinski definition) is 1. The van der Waals surface area contributed by atoms with Gasteiger partial charge in [0.15, 0.2) is 5.76 Å². The molecule has 2 amide bonds. The molecule has 1 aliphatic heterocycles. The van der Waals surface area contributed by atoms with E-state index in [4.69, 9.17) is 13.9 Å². The largest absolute Gasteiger partial charge is 0.496 e. The summed E-state index contributed by atoms with van der Waals surface area (Å²) < 4.78 is 16.6. The molecular weight excluding hydrogens is 432 g/mol. The van der Waals surface area contributed by atoms with E-state index < -0.39 is 6.04 Å². The fourth-order valence-electron chi connectivity index (χ4n) is 4.18. The Labute approximate surface area is 199 Å². The number of hydrogen-bond acceptors (Lipinski definition) is 5. The molecule has 0 spiro atoms. The number of benzene rings is 2. The summed E-state index contributed by atoms with van der Waals surface area (Å²) in [5, 5.41) is 3.01. The summed E-state index contributed by atoms with van der Waals surface area (Å²) in [4.78, 5) is 28.8. The molecule has 0 aliphatic carbocycles. The molecule has 7 heteroatoms. The van der Waals surface area contributed by atoms with E-state index in [1.54, 1.807) is 19.2 Å². The molecule has 1 N–H and O–H groups in total. The van der Waals surface area contributed by atoms with Crippen LogP contribution in [0.25, 0.3) is 0 Å². The van der Waals surface area contributed by atoms with Gasteiger partial charge < -0.3 is 24.1 Å². The standard InChI is InChI=1S/C27H30N2O5/c1-19-11-13-20(14-12-19)25(26(30)28-17-22-8-5-15-33-22)29(27(31)24-10-6-16-34-24)18-21-7-3-4-9-23(21)32-2/h3-4,6-7,9-14,16,22,25H,5,8,15,17-18H2,1-2H3,(H,28,30)/t22-,25-/m1/s1. The highest BCUT2D eigenvalue weighted by molar-refractivity contribution is 5.96. The molecule has 1 saturated heterocycles. The Bertz CT molecular complexity index is 1090. The normalized spacial score (nSPS) is 16.1. The van der Waals surface area contributed by atoms with Crippen molar-refractivity contribution in [2.75, 3.05) is 20.3 Å². The van der Waals surface area contributed by atoms with Gasteiger partial charge in [-0.3, -0.25) is 9.59 Å². The van der Waals surface area contributed by atoms with Gasteiger partial charge in [-0.2, -0.15) is 0 Å². The summed E-state index contributed by atoms with van der Waals surface area (Å²) in [6.45, 7) is 3.25. The maximum Gasteiger partial charge on any atom is 0.290 e. The van der Waals surface area contributed by atoms with Crippen molar-refractivity contribution in [2.45, 2.75) is 38.5 Å². The lowest BCUT2D eigenvalue weighted by atomic mass is 10.0. The molecule has 34 heavy (non-hydrogen) atoms. The van der Waals surface area contributed by atoms with Crippen LogP contribution in [-0.2, 0) is 16.1 Å². The van der Waals surface area contributed by atoms with Gasteiger partial charge in [0.05, 0.1) is 26.0 Å². The van der Waals surface area contributed by atoms with Crippen LogP contribution in [0.1, 0.15) is 46.1 Å². The minimum absolute atomic E-state index is 0.00828. The van der Waals surface area contributed by atoms with Crippen molar-refractivity contribution >= 4 is 11.8 Å². The van der Waals surface area contributed by atoms with Crippen LogP contribution in [0, 0.1) is 6.92 Å². The summed E-state index contributed by atoms with van der Waals surface area (Å²) in [7, 11) is 1.59. The van der Waals surface area contributed by atoms with Crippen LogP contribution in [0.4, 0.5) is 0 Å². The number of methoxy groups -OCH3 is 1. The molecular formula is C27H30N2O5. The number of carbonyl (C=O) groups excluding carboxylic acids is 2. The first-order valence-electron chi connectivity index (χ1n) is 11.5. The number of nitrogens with one attached hydrogen (secondary N) is 1. The van der Waals surface area contributed by atoms with Crippen molar-refractivity contribution < 1.29 is 23.5 Å². The van der Waals surface area contributed by atoms with Crippen LogP contribution in [0.2, 0.25) is 0 Å². The van der Waals surface area contributed by atoms with Gasteiger partial charge in [0.25, 0.3) is 5.91 Å². The first kappa shape index (κ1) is 23.6. The van der Waals surface area contributed by atoms with E-state index in [0.717, 1.165) is 24.0 Å². The molecule has 1 aliphatic rings. The first-order chi connectivity index (χ1) is 16.6. The fourth-order valence-corrected chi connectivity index (χ4v) is 4.18. The van der Waals surface area contributed by atoms with Crippen molar-refractivity contribution in [2.24, 2.45) is 0 Å². The number of nitrogens with zero attached hydrogens (tertiary/aromatic N) is 1. The predicted octanol–water partition coefficient (Wildman–Crippen LogP) is 4.28. The average Bonchev–Trinajstić information content (AvgIpc) is 3.58. The molecule has 7 nitrogen and oxygen atoms in total. The highest BCUT2D eigenvalue weighted by atomic mass is 16.5. The molecule has 178 valence electrons. The molecule has 0 radical (unpaired) electrons. The molecule has 2 aromatic carbocycles. The van der Waals surface area contributed by atoms with Crippen molar-refractivity contribution in [3.63, 3.8) is 0 Å². The zero-order valence-corrected chi connectivity index (χ0v) is 19.5. The monoisotopic (exact) mass is 462 g/mol. The minimum atomic E-state index is -0.871. The van der Waals surface area contributed by atoms with Crippen molar-refractivity contribution in [3.05, 3.63) is 89.4 Å². The molecule has 0 bridgehead atoms. The zero-order chi connectivity index (χ0) is 23.9. The third kappa shape index (κ3) is 5.48. The summed E-state index contributed by atoms with van der Waals surface area (Å²) in [6, 6.07) is 17.5. The smallest absolute Gasteiger partial charge is 0.290 e. The van der Waals surface area contributed by atoms with Crippen LogP contribution >= 0.6 is 0 Å². The number of rotatable bonds is 9. The molecule has 3 aromatic rings. The van der Waals surface area contributed by atoms with Crippen LogP contribution in [-0.4, -0.2) is 43.1 Å². The van der Waals surface area contributed by atoms with Gasteiger partial charge in [-0.25, -0.2) is 0 Å². The summed E-state index contributed by atoms with van der Waals surface area (Å²) in [6.07, 6.45) is 3.34. The summed E-state index contributed by atoms with van der Waals surface area (Å²) in [5.74, 6) is 0.156. The van der Waals surface area contributed by atoms with E-state index in [-0.39, 0.29) is 30.2 Å². The van der Waals surface area contributed by atoms with Crippen LogP contribution < -0.4 is 10.1 Å². The number of aryl methyl sites for hydroxylation is 1. The van der Waals surface area contributed by atoms with Crippen molar-refractivity contribution in [1.82, 2.24) is 10.2 Å². The van der Waals surface area contributed by atoms with Gasteiger partial charge in [-0.15, -0.1) is 0 Å². The Morgan fingerprint density at radius 1 is 1.12 bits per heavy atom.